The van der Waals surface area contributed by atoms with Gasteiger partial charge in [-0.15, -0.1) is 24.0 Å². The third kappa shape index (κ3) is 3.89. The Morgan fingerprint density at radius 3 is 2.18 bits per heavy atom. The van der Waals surface area contributed by atoms with E-state index in [9.17, 15) is 5.11 Å². The number of aliphatic imine (C=N–C) groups is 1. The summed E-state index contributed by atoms with van der Waals surface area (Å²) in [5, 5.41) is 14.0. The maximum atomic E-state index is 10.6. The molecule has 2 fully saturated rings. The van der Waals surface area contributed by atoms with E-state index < -0.39 is 5.60 Å². The lowest BCUT2D eigenvalue weighted by molar-refractivity contribution is -0.0673. The minimum absolute atomic E-state index is 0. The van der Waals surface area contributed by atoms with E-state index in [1.54, 1.807) is 0 Å². The molecular formula is C17H34IN3O. The van der Waals surface area contributed by atoms with E-state index in [2.05, 4.69) is 44.8 Å². The zero-order valence-corrected chi connectivity index (χ0v) is 17.2. The molecule has 2 rings (SSSR count). The van der Waals surface area contributed by atoms with Crippen LogP contribution >= 0.6 is 24.0 Å². The highest BCUT2D eigenvalue weighted by atomic mass is 127. The Balaban J connectivity index is 0.00000242. The molecule has 4 nitrogen and oxygen atoms in total. The van der Waals surface area contributed by atoms with Gasteiger partial charge in [0, 0.05) is 24.0 Å². The predicted octanol–water partition coefficient (Wildman–Crippen LogP) is 3.39. The third-order valence-electron chi connectivity index (χ3n) is 5.78. The summed E-state index contributed by atoms with van der Waals surface area (Å²) in [5.41, 5.74) is -0.183. The lowest BCUT2D eigenvalue weighted by atomic mass is 9.65. The van der Waals surface area contributed by atoms with Gasteiger partial charge in [0.25, 0.3) is 0 Å². The summed E-state index contributed by atoms with van der Waals surface area (Å²) in [7, 11) is 0. The van der Waals surface area contributed by atoms with Crippen LogP contribution in [0.4, 0.5) is 0 Å². The Hall–Kier alpha value is -0.0400. The second-order valence-electron chi connectivity index (χ2n) is 7.98. The van der Waals surface area contributed by atoms with Gasteiger partial charge >= 0.3 is 0 Å². The first kappa shape index (κ1) is 20.0. The van der Waals surface area contributed by atoms with Crippen LogP contribution in [0.15, 0.2) is 4.99 Å². The Labute approximate surface area is 153 Å². The normalized spacial score (nSPS) is 25.9. The van der Waals surface area contributed by atoms with Crippen LogP contribution in [-0.4, -0.2) is 46.7 Å². The molecule has 0 atom stereocenters. The molecule has 0 unspecified atom stereocenters. The van der Waals surface area contributed by atoms with E-state index in [4.69, 9.17) is 4.99 Å². The van der Waals surface area contributed by atoms with Crippen molar-refractivity contribution in [2.24, 2.45) is 10.4 Å². The Morgan fingerprint density at radius 2 is 1.73 bits per heavy atom. The monoisotopic (exact) mass is 423 g/mol. The molecule has 5 heteroatoms. The number of nitrogens with one attached hydrogen (secondary N) is 1. The smallest absolute Gasteiger partial charge is 0.194 e. The van der Waals surface area contributed by atoms with Crippen LogP contribution in [-0.2, 0) is 0 Å². The lowest BCUT2D eigenvalue weighted by Gasteiger charge is -2.62. The Bertz CT molecular complexity index is 401. The minimum atomic E-state index is -0.580. The molecular weight excluding hydrogens is 389 g/mol. The van der Waals surface area contributed by atoms with Crippen LogP contribution in [0.5, 0.6) is 0 Å². The first-order chi connectivity index (χ1) is 9.72. The molecule has 0 aromatic rings. The largest absolute Gasteiger partial charge is 0.388 e. The van der Waals surface area contributed by atoms with Gasteiger partial charge in [-0.05, 0) is 33.6 Å². The summed E-state index contributed by atoms with van der Waals surface area (Å²) in [6.07, 6.45) is 5.30. The quantitative estimate of drug-likeness (QED) is 0.416. The summed E-state index contributed by atoms with van der Waals surface area (Å²) < 4.78 is 0. The van der Waals surface area contributed by atoms with E-state index in [0.717, 1.165) is 44.7 Å². The van der Waals surface area contributed by atoms with Gasteiger partial charge in [-0.1, -0.05) is 33.1 Å². The summed E-state index contributed by atoms with van der Waals surface area (Å²) >= 11 is 0. The second kappa shape index (κ2) is 7.24. The van der Waals surface area contributed by atoms with E-state index in [0.29, 0.717) is 12.0 Å². The van der Waals surface area contributed by atoms with Crippen molar-refractivity contribution in [1.82, 2.24) is 10.2 Å². The number of hydrogen-bond acceptors (Lipinski definition) is 2. The number of nitrogens with zero attached hydrogens (tertiary/aromatic N) is 2. The zero-order valence-electron chi connectivity index (χ0n) is 14.9. The molecule has 22 heavy (non-hydrogen) atoms. The molecule has 2 aliphatic rings. The number of aliphatic hydroxyl groups is 1. The average Bonchev–Trinajstić information content (AvgIpc) is 2.42. The van der Waals surface area contributed by atoms with Gasteiger partial charge in [0.15, 0.2) is 5.96 Å². The van der Waals surface area contributed by atoms with Crippen molar-refractivity contribution >= 4 is 29.9 Å². The van der Waals surface area contributed by atoms with Gasteiger partial charge in [0.05, 0.1) is 12.1 Å². The molecule has 2 N–H and O–H groups in total. The van der Waals surface area contributed by atoms with Crippen molar-refractivity contribution in [2.75, 3.05) is 19.6 Å². The predicted molar refractivity (Wildman–Crippen MR) is 104 cm³/mol. The fraction of sp³-hybridized carbons (Fsp3) is 0.941. The van der Waals surface area contributed by atoms with Crippen molar-refractivity contribution in [1.29, 1.82) is 0 Å². The average molecular weight is 423 g/mol. The number of guanidine groups is 1. The molecule has 1 saturated heterocycles. The summed E-state index contributed by atoms with van der Waals surface area (Å²) in [4.78, 5) is 7.12. The Morgan fingerprint density at radius 1 is 1.14 bits per heavy atom. The first-order valence-corrected chi connectivity index (χ1v) is 8.50. The molecule has 1 heterocycles. The number of likely N-dealkylation sites (tertiary alicyclic amines) is 1. The summed E-state index contributed by atoms with van der Waals surface area (Å²) in [6, 6.07) is 0. The van der Waals surface area contributed by atoms with Gasteiger partial charge in [-0.3, -0.25) is 4.99 Å². The summed E-state index contributed by atoms with van der Waals surface area (Å²) in [5.74, 6) is 0.959. The van der Waals surface area contributed by atoms with Gasteiger partial charge in [-0.25, -0.2) is 0 Å². The molecule has 1 aliphatic carbocycles. The highest BCUT2D eigenvalue weighted by Crippen LogP contribution is 2.46. The topological polar surface area (TPSA) is 47.9 Å². The van der Waals surface area contributed by atoms with Crippen LogP contribution in [0.1, 0.15) is 66.7 Å². The lowest BCUT2D eigenvalue weighted by Crippen LogP contribution is -2.72. The molecule has 1 aliphatic heterocycles. The highest BCUT2D eigenvalue weighted by molar-refractivity contribution is 14.0. The zero-order chi connectivity index (χ0) is 15.7. The molecule has 1 saturated carbocycles. The molecule has 0 spiro atoms. The maximum Gasteiger partial charge on any atom is 0.194 e. The second-order valence-corrected chi connectivity index (χ2v) is 7.98. The van der Waals surface area contributed by atoms with E-state index in [-0.39, 0.29) is 29.5 Å². The fourth-order valence-electron chi connectivity index (χ4n) is 3.38. The molecule has 0 bridgehead atoms. The molecule has 0 aromatic carbocycles. The number of hydrogen-bond donors (Lipinski definition) is 2. The fourth-order valence-corrected chi connectivity index (χ4v) is 3.38. The standard InChI is InChI=1S/C17H33N3O.HI/c1-6-18-14(20-13-15(2,3)16(20,4)5)19-12-17(21)10-8-7-9-11-17;/h21H,6-13H2,1-5H3,(H,18,19);1H. The molecule has 0 radical (unpaired) electrons. The maximum absolute atomic E-state index is 10.6. The minimum Gasteiger partial charge on any atom is -0.388 e. The van der Waals surface area contributed by atoms with E-state index in [1.165, 1.54) is 6.42 Å². The van der Waals surface area contributed by atoms with Gasteiger partial charge < -0.3 is 15.3 Å². The SMILES string of the molecule is CCNC(=NCC1(O)CCCCC1)N1CC(C)(C)C1(C)C.I. The molecule has 130 valence electrons. The van der Waals surface area contributed by atoms with Crippen LogP contribution < -0.4 is 5.32 Å². The van der Waals surface area contributed by atoms with E-state index in [1.807, 2.05) is 0 Å². The van der Waals surface area contributed by atoms with Crippen molar-refractivity contribution < 1.29 is 5.11 Å². The van der Waals surface area contributed by atoms with Gasteiger partial charge in [0.2, 0.25) is 0 Å². The highest BCUT2D eigenvalue weighted by Gasteiger charge is 2.53. The van der Waals surface area contributed by atoms with Crippen molar-refractivity contribution in [3.8, 4) is 0 Å². The van der Waals surface area contributed by atoms with Crippen molar-refractivity contribution in [2.45, 2.75) is 77.9 Å². The van der Waals surface area contributed by atoms with Crippen LogP contribution in [0.25, 0.3) is 0 Å². The van der Waals surface area contributed by atoms with Gasteiger partial charge in [-0.2, -0.15) is 0 Å². The summed E-state index contributed by atoms with van der Waals surface area (Å²) in [6.45, 7) is 13.7. The Kier molecular flexibility index (Phi) is 6.58. The van der Waals surface area contributed by atoms with Crippen molar-refractivity contribution in [3.05, 3.63) is 0 Å². The number of halogens is 1. The van der Waals surface area contributed by atoms with E-state index >= 15 is 0 Å². The van der Waals surface area contributed by atoms with Crippen LogP contribution in [0, 0.1) is 5.41 Å². The molecule has 0 amide bonds. The van der Waals surface area contributed by atoms with Gasteiger partial charge in [0.1, 0.15) is 0 Å². The molecule has 0 aromatic heterocycles. The first-order valence-electron chi connectivity index (χ1n) is 8.50. The van der Waals surface area contributed by atoms with Crippen molar-refractivity contribution in [3.63, 3.8) is 0 Å². The van der Waals surface area contributed by atoms with Crippen LogP contribution in [0.2, 0.25) is 0 Å². The third-order valence-corrected chi connectivity index (χ3v) is 5.78. The number of rotatable bonds is 3. The van der Waals surface area contributed by atoms with Crippen LogP contribution in [0.3, 0.4) is 0 Å².